The second-order valence-electron chi connectivity index (χ2n) is 8.21. The molecule has 0 radical (unpaired) electrons. The summed E-state index contributed by atoms with van der Waals surface area (Å²) in [6.45, 7) is 1.84. The number of rotatable bonds is 9. The molecule has 1 unspecified atom stereocenters. The van der Waals surface area contributed by atoms with E-state index in [1.807, 2.05) is 36.4 Å². The molecule has 9 heteroatoms. The predicted octanol–water partition coefficient (Wildman–Crippen LogP) is 3.57. The number of aromatic nitrogens is 1. The molecule has 34 heavy (non-hydrogen) atoms. The molecule has 0 spiro atoms. The molecule has 3 aromatic rings. The van der Waals surface area contributed by atoms with Crippen molar-refractivity contribution < 1.29 is 24.2 Å². The maximum Gasteiger partial charge on any atom is 0.407 e. The maximum absolute atomic E-state index is 12.4. The number of hydrogen-bond donors (Lipinski definition) is 3. The van der Waals surface area contributed by atoms with Crippen LogP contribution in [-0.2, 0) is 20.7 Å². The van der Waals surface area contributed by atoms with Gasteiger partial charge in [0, 0.05) is 35.9 Å². The van der Waals surface area contributed by atoms with Gasteiger partial charge in [-0.15, -0.1) is 11.3 Å². The van der Waals surface area contributed by atoms with Crippen molar-refractivity contribution in [1.29, 1.82) is 0 Å². The summed E-state index contributed by atoms with van der Waals surface area (Å²) >= 11 is 1.33. The Bertz CT molecular complexity index is 1140. The Balaban J connectivity index is 1.28. The number of carboxylic acids is 1. The zero-order valence-electron chi connectivity index (χ0n) is 18.6. The van der Waals surface area contributed by atoms with Crippen LogP contribution in [0, 0.1) is 0 Å². The highest BCUT2D eigenvalue weighted by atomic mass is 32.1. The molecular weight excluding hydrogens is 454 g/mol. The van der Waals surface area contributed by atoms with Crippen LogP contribution in [0.5, 0.6) is 0 Å². The first-order valence-electron chi connectivity index (χ1n) is 10.9. The third-order valence-corrected chi connectivity index (χ3v) is 6.52. The van der Waals surface area contributed by atoms with Gasteiger partial charge in [0.2, 0.25) is 5.91 Å². The highest BCUT2D eigenvalue weighted by Gasteiger charge is 2.29. The maximum atomic E-state index is 12.4. The number of carbonyl (C=O) groups excluding carboxylic acids is 2. The first-order chi connectivity index (χ1) is 16.4. The van der Waals surface area contributed by atoms with Gasteiger partial charge < -0.3 is 20.5 Å². The molecule has 8 nitrogen and oxygen atoms in total. The van der Waals surface area contributed by atoms with Crippen LogP contribution in [0.15, 0.2) is 60.2 Å². The van der Waals surface area contributed by atoms with Crippen molar-refractivity contribution in [3.63, 3.8) is 0 Å². The van der Waals surface area contributed by atoms with E-state index in [1.54, 1.807) is 18.6 Å². The van der Waals surface area contributed by atoms with Gasteiger partial charge in [-0.3, -0.25) is 9.78 Å². The highest BCUT2D eigenvalue weighted by Crippen LogP contribution is 2.44. The quantitative estimate of drug-likeness (QED) is 0.432. The van der Waals surface area contributed by atoms with E-state index in [2.05, 4.69) is 27.8 Å². The lowest BCUT2D eigenvalue weighted by atomic mass is 9.98. The number of alkyl carbamates (subject to hydrolysis) is 1. The van der Waals surface area contributed by atoms with Crippen LogP contribution in [-0.4, -0.2) is 46.8 Å². The minimum Gasteiger partial charge on any atom is -0.480 e. The van der Waals surface area contributed by atoms with Crippen molar-refractivity contribution in [2.75, 3.05) is 6.61 Å². The van der Waals surface area contributed by atoms with E-state index in [0.717, 1.165) is 27.1 Å². The lowest BCUT2D eigenvalue weighted by Gasteiger charge is -2.18. The van der Waals surface area contributed by atoms with Gasteiger partial charge in [-0.05, 0) is 29.2 Å². The Morgan fingerprint density at radius 1 is 1.06 bits per heavy atom. The molecule has 4 rings (SSSR count). The van der Waals surface area contributed by atoms with E-state index in [4.69, 9.17) is 4.74 Å². The predicted molar refractivity (Wildman–Crippen MR) is 128 cm³/mol. The lowest BCUT2D eigenvalue weighted by molar-refractivity contribution is -0.141. The first-order valence-corrected chi connectivity index (χ1v) is 11.8. The van der Waals surface area contributed by atoms with Crippen LogP contribution < -0.4 is 10.6 Å². The van der Waals surface area contributed by atoms with Crippen LogP contribution in [0.3, 0.4) is 0 Å². The van der Waals surface area contributed by atoms with Crippen molar-refractivity contribution in [3.8, 4) is 11.1 Å². The topological polar surface area (TPSA) is 118 Å². The van der Waals surface area contributed by atoms with E-state index in [1.165, 1.54) is 11.3 Å². The molecular formula is C25H25N3O5S. The van der Waals surface area contributed by atoms with Crippen molar-refractivity contribution in [2.24, 2.45) is 0 Å². The normalized spacial score (nSPS) is 13.9. The number of carboxylic acid groups (broad SMARTS) is 1. The molecule has 2 aromatic carbocycles. The minimum atomic E-state index is -1.13. The number of thiazole rings is 1. The molecule has 176 valence electrons. The standard InChI is InChI=1S/C25H25N3O5S/c1-15(10-23(29)28-22(24(30)31)11-16-12-26-14-34-16)27-25(32)33-13-21-19-8-4-2-6-17(19)18-7-3-5-9-20(18)21/h2-9,12,14-15,21-22H,10-11,13H2,1H3,(H,27,32)(H,28,29)(H,30,31)/t15-,22?/m0/s1. The summed E-state index contributed by atoms with van der Waals surface area (Å²) in [5, 5.41) is 14.6. The first kappa shape index (κ1) is 23.4. The summed E-state index contributed by atoms with van der Waals surface area (Å²) in [6, 6.07) is 14.5. The average Bonchev–Trinajstić information content (AvgIpc) is 3.43. The SMILES string of the molecule is C[C@@H](CC(=O)NC(Cc1cncs1)C(=O)O)NC(=O)OCC1c2ccccc2-c2ccccc21. The molecule has 3 N–H and O–H groups in total. The summed E-state index contributed by atoms with van der Waals surface area (Å²) in [7, 11) is 0. The fourth-order valence-electron chi connectivity index (χ4n) is 4.17. The van der Waals surface area contributed by atoms with Crippen LogP contribution in [0.1, 0.15) is 35.3 Å². The molecule has 0 bridgehead atoms. The Hall–Kier alpha value is -3.72. The number of benzene rings is 2. The number of fused-ring (bicyclic) bond motifs is 3. The summed E-state index contributed by atoms with van der Waals surface area (Å²) in [4.78, 5) is 40.9. The van der Waals surface area contributed by atoms with Gasteiger partial charge in [-0.25, -0.2) is 9.59 Å². The smallest absolute Gasteiger partial charge is 0.407 e. The Labute approximate surface area is 201 Å². The molecule has 1 aromatic heterocycles. The molecule has 0 aliphatic heterocycles. The number of carbonyl (C=O) groups is 3. The van der Waals surface area contributed by atoms with E-state index < -0.39 is 30.1 Å². The van der Waals surface area contributed by atoms with Gasteiger partial charge >= 0.3 is 12.1 Å². The molecule has 1 heterocycles. The number of ether oxygens (including phenoxy) is 1. The Kier molecular flexibility index (Phi) is 7.22. The van der Waals surface area contributed by atoms with Crippen LogP contribution in [0.2, 0.25) is 0 Å². The van der Waals surface area contributed by atoms with Gasteiger partial charge in [0.25, 0.3) is 0 Å². The summed E-state index contributed by atoms with van der Waals surface area (Å²) in [5.74, 6) is -1.65. The van der Waals surface area contributed by atoms with Crippen molar-refractivity contribution in [1.82, 2.24) is 15.6 Å². The highest BCUT2D eigenvalue weighted by molar-refractivity contribution is 7.09. The zero-order chi connectivity index (χ0) is 24.1. The Morgan fingerprint density at radius 2 is 1.71 bits per heavy atom. The monoisotopic (exact) mass is 479 g/mol. The van der Waals surface area contributed by atoms with Gasteiger partial charge in [-0.1, -0.05) is 48.5 Å². The summed E-state index contributed by atoms with van der Waals surface area (Å²) in [5.41, 5.74) is 6.12. The van der Waals surface area contributed by atoms with E-state index in [-0.39, 0.29) is 25.4 Å². The van der Waals surface area contributed by atoms with E-state index in [9.17, 15) is 19.5 Å². The van der Waals surface area contributed by atoms with E-state index in [0.29, 0.717) is 0 Å². The third-order valence-electron chi connectivity index (χ3n) is 5.72. The van der Waals surface area contributed by atoms with Crippen molar-refractivity contribution >= 4 is 29.3 Å². The van der Waals surface area contributed by atoms with Gasteiger partial charge in [-0.2, -0.15) is 0 Å². The van der Waals surface area contributed by atoms with Gasteiger partial charge in [0.05, 0.1) is 5.51 Å². The summed E-state index contributed by atoms with van der Waals surface area (Å²) < 4.78 is 5.50. The van der Waals surface area contributed by atoms with Gasteiger partial charge in [0.1, 0.15) is 12.6 Å². The number of aliphatic carboxylic acids is 1. The molecule has 0 fully saturated rings. The lowest BCUT2D eigenvalue weighted by Crippen LogP contribution is -2.45. The van der Waals surface area contributed by atoms with Crippen LogP contribution in [0.4, 0.5) is 4.79 Å². The molecule has 0 saturated heterocycles. The second kappa shape index (κ2) is 10.5. The fourth-order valence-corrected chi connectivity index (χ4v) is 4.81. The molecule has 1 aliphatic carbocycles. The second-order valence-corrected chi connectivity index (χ2v) is 9.18. The van der Waals surface area contributed by atoms with Gasteiger partial charge in [0.15, 0.2) is 0 Å². The number of nitrogens with zero attached hydrogens (tertiary/aromatic N) is 1. The molecule has 2 amide bonds. The summed E-state index contributed by atoms with van der Waals surface area (Å²) in [6.07, 6.45) is 1.03. The number of hydrogen-bond acceptors (Lipinski definition) is 6. The largest absolute Gasteiger partial charge is 0.480 e. The van der Waals surface area contributed by atoms with Crippen molar-refractivity contribution in [3.05, 3.63) is 76.2 Å². The zero-order valence-corrected chi connectivity index (χ0v) is 19.4. The van der Waals surface area contributed by atoms with Crippen molar-refractivity contribution in [2.45, 2.75) is 37.8 Å². The average molecular weight is 480 g/mol. The molecule has 2 atom stereocenters. The molecule has 1 aliphatic rings. The number of nitrogens with one attached hydrogen (secondary N) is 2. The molecule has 0 saturated carbocycles. The third kappa shape index (κ3) is 5.43. The minimum absolute atomic E-state index is 0.0557. The Morgan fingerprint density at radius 3 is 2.29 bits per heavy atom. The number of amides is 2. The van der Waals surface area contributed by atoms with E-state index >= 15 is 0 Å². The fraction of sp³-hybridized carbons (Fsp3) is 0.280. The van der Waals surface area contributed by atoms with Crippen LogP contribution >= 0.6 is 11.3 Å². The van der Waals surface area contributed by atoms with Crippen LogP contribution in [0.25, 0.3) is 11.1 Å².